The Labute approximate surface area is 123 Å². The quantitative estimate of drug-likeness (QED) is 0.665. The van der Waals surface area contributed by atoms with Crippen LogP contribution in [0.1, 0.15) is 13.8 Å². The van der Waals surface area contributed by atoms with E-state index in [4.69, 9.17) is 4.74 Å². The highest BCUT2D eigenvalue weighted by molar-refractivity contribution is 5.85. The van der Waals surface area contributed by atoms with Gasteiger partial charge in [-0.05, 0) is 19.9 Å². The van der Waals surface area contributed by atoms with E-state index in [1.807, 2.05) is 0 Å². The number of carbonyl (C=O) groups excluding carboxylic acids is 1. The van der Waals surface area contributed by atoms with Gasteiger partial charge in [0.05, 0.1) is 4.92 Å². The second-order valence-corrected chi connectivity index (χ2v) is 5.38. The van der Waals surface area contributed by atoms with Crippen LogP contribution < -0.4 is 10.1 Å². The zero-order valence-corrected chi connectivity index (χ0v) is 12.2. The fourth-order valence-corrected chi connectivity index (χ4v) is 2.26. The van der Waals surface area contributed by atoms with E-state index in [0.717, 1.165) is 13.1 Å². The number of ether oxygens (including phenoxy) is 1. The second kappa shape index (κ2) is 6.09. The van der Waals surface area contributed by atoms with Gasteiger partial charge in [-0.15, -0.1) is 0 Å². The normalized spacial score (nSPS) is 15.6. The average molecular weight is 293 g/mol. The summed E-state index contributed by atoms with van der Waals surface area (Å²) < 4.78 is 5.66. The largest absolute Gasteiger partial charge is 0.471 e. The summed E-state index contributed by atoms with van der Waals surface area (Å²) in [5.41, 5.74) is -1.29. The Hall–Kier alpha value is -2.15. The molecule has 1 heterocycles. The molecule has 1 amide bonds. The van der Waals surface area contributed by atoms with Crippen LogP contribution in [0.25, 0.3) is 0 Å². The monoisotopic (exact) mass is 293 g/mol. The summed E-state index contributed by atoms with van der Waals surface area (Å²) >= 11 is 0. The number of amides is 1. The number of rotatable bonds is 4. The van der Waals surface area contributed by atoms with Crippen molar-refractivity contribution in [3.8, 4) is 5.75 Å². The molecule has 0 aromatic heterocycles. The third-order valence-electron chi connectivity index (χ3n) is 3.35. The fourth-order valence-electron chi connectivity index (χ4n) is 2.26. The van der Waals surface area contributed by atoms with Crippen LogP contribution in [0.15, 0.2) is 24.3 Å². The minimum absolute atomic E-state index is 0.107. The molecule has 1 saturated heterocycles. The SMILES string of the molecule is CC(C)(Oc1ccccc1[N+](=O)[O-])C(=O)N1CCNCC1. The predicted octanol–water partition coefficient (Wildman–Crippen LogP) is 1.18. The lowest BCUT2D eigenvalue weighted by Gasteiger charge is -2.34. The highest BCUT2D eigenvalue weighted by Crippen LogP contribution is 2.30. The molecule has 1 aliphatic rings. The van der Waals surface area contributed by atoms with Gasteiger partial charge in [0.2, 0.25) is 0 Å². The number of carbonyl (C=O) groups is 1. The number of nitrogens with one attached hydrogen (secondary N) is 1. The molecule has 0 bridgehead atoms. The molecule has 2 rings (SSSR count). The van der Waals surface area contributed by atoms with Gasteiger partial charge in [0.25, 0.3) is 5.91 Å². The molecule has 1 aromatic rings. The van der Waals surface area contributed by atoms with Crippen LogP contribution in [0, 0.1) is 10.1 Å². The van der Waals surface area contributed by atoms with Crippen molar-refractivity contribution in [2.45, 2.75) is 19.4 Å². The maximum atomic E-state index is 12.5. The average Bonchev–Trinajstić information content (AvgIpc) is 2.47. The molecule has 0 unspecified atom stereocenters. The molecule has 1 fully saturated rings. The summed E-state index contributed by atoms with van der Waals surface area (Å²) in [7, 11) is 0. The van der Waals surface area contributed by atoms with Crippen molar-refractivity contribution in [3.63, 3.8) is 0 Å². The number of nitrogens with zero attached hydrogens (tertiary/aromatic N) is 2. The van der Waals surface area contributed by atoms with Crippen molar-refractivity contribution in [1.82, 2.24) is 10.2 Å². The zero-order chi connectivity index (χ0) is 15.5. The number of nitro benzene ring substituents is 1. The van der Waals surface area contributed by atoms with E-state index in [1.165, 1.54) is 12.1 Å². The number of benzene rings is 1. The number of hydrogen-bond acceptors (Lipinski definition) is 5. The van der Waals surface area contributed by atoms with Crippen LogP contribution >= 0.6 is 0 Å². The summed E-state index contributed by atoms with van der Waals surface area (Å²) in [4.78, 5) is 24.7. The lowest BCUT2D eigenvalue weighted by molar-refractivity contribution is -0.386. The van der Waals surface area contributed by atoms with Gasteiger partial charge in [0.15, 0.2) is 11.4 Å². The van der Waals surface area contributed by atoms with E-state index in [2.05, 4.69) is 5.32 Å². The Bertz CT molecular complexity index is 539. The van der Waals surface area contributed by atoms with Crippen molar-refractivity contribution < 1.29 is 14.5 Å². The summed E-state index contributed by atoms with van der Waals surface area (Å²) in [5.74, 6) is -0.0573. The highest BCUT2D eigenvalue weighted by Gasteiger charge is 2.36. The van der Waals surface area contributed by atoms with Crippen LogP contribution in [0.3, 0.4) is 0 Å². The molecule has 7 heteroatoms. The lowest BCUT2D eigenvalue weighted by Crippen LogP contribution is -2.54. The minimum Gasteiger partial charge on any atom is -0.471 e. The number of hydrogen-bond donors (Lipinski definition) is 1. The third-order valence-corrected chi connectivity index (χ3v) is 3.35. The van der Waals surface area contributed by atoms with Crippen molar-refractivity contribution in [2.24, 2.45) is 0 Å². The first-order valence-electron chi connectivity index (χ1n) is 6.84. The van der Waals surface area contributed by atoms with E-state index in [-0.39, 0.29) is 17.3 Å². The number of piperazine rings is 1. The van der Waals surface area contributed by atoms with Gasteiger partial charge in [-0.25, -0.2) is 0 Å². The van der Waals surface area contributed by atoms with Crippen molar-refractivity contribution >= 4 is 11.6 Å². The molecule has 7 nitrogen and oxygen atoms in total. The van der Waals surface area contributed by atoms with Gasteiger partial charge in [-0.3, -0.25) is 14.9 Å². The van der Waals surface area contributed by atoms with Gasteiger partial charge in [-0.1, -0.05) is 12.1 Å². The fraction of sp³-hybridized carbons (Fsp3) is 0.500. The molecule has 1 N–H and O–H groups in total. The number of nitro groups is 1. The summed E-state index contributed by atoms with van der Waals surface area (Å²) in [6, 6.07) is 6.08. The minimum atomic E-state index is -1.15. The first-order valence-corrected chi connectivity index (χ1v) is 6.84. The van der Waals surface area contributed by atoms with Crippen LogP contribution in [0.4, 0.5) is 5.69 Å². The van der Waals surface area contributed by atoms with Crippen LogP contribution in [0.2, 0.25) is 0 Å². The van der Waals surface area contributed by atoms with Crippen LogP contribution in [0.5, 0.6) is 5.75 Å². The van der Waals surface area contributed by atoms with E-state index in [1.54, 1.807) is 30.9 Å². The first-order chi connectivity index (χ1) is 9.92. The van der Waals surface area contributed by atoms with E-state index in [9.17, 15) is 14.9 Å². The Morgan fingerprint density at radius 2 is 1.95 bits per heavy atom. The van der Waals surface area contributed by atoms with Crippen LogP contribution in [-0.2, 0) is 4.79 Å². The van der Waals surface area contributed by atoms with Crippen molar-refractivity contribution in [1.29, 1.82) is 0 Å². The van der Waals surface area contributed by atoms with Crippen LogP contribution in [-0.4, -0.2) is 47.5 Å². The van der Waals surface area contributed by atoms with Gasteiger partial charge >= 0.3 is 5.69 Å². The van der Waals surface area contributed by atoms with E-state index in [0.29, 0.717) is 13.1 Å². The van der Waals surface area contributed by atoms with Gasteiger partial charge in [0.1, 0.15) is 0 Å². The Kier molecular flexibility index (Phi) is 4.42. The summed E-state index contributed by atoms with van der Waals surface area (Å²) in [6.45, 7) is 5.98. The molecule has 1 aromatic carbocycles. The molecule has 1 aliphatic heterocycles. The first kappa shape index (κ1) is 15.2. The highest BCUT2D eigenvalue weighted by atomic mass is 16.6. The van der Waals surface area contributed by atoms with Gasteiger partial charge in [0, 0.05) is 32.2 Å². The van der Waals surface area contributed by atoms with E-state index >= 15 is 0 Å². The van der Waals surface area contributed by atoms with Crippen molar-refractivity contribution in [2.75, 3.05) is 26.2 Å². The molecule has 0 atom stereocenters. The van der Waals surface area contributed by atoms with Gasteiger partial charge < -0.3 is 15.0 Å². The maximum absolute atomic E-state index is 12.5. The predicted molar refractivity (Wildman–Crippen MR) is 77.3 cm³/mol. The topological polar surface area (TPSA) is 84.7 Å². The molecule has 0 saturated carbocycles. The summed E-state index contributed by atoms with van der Waals surface area (Å²) in [6.07, 6.45) is 0. The zero-order valence-electron chi connectivity index (χ0n) is 12.2. The molecular weight excluding hydrogens is 274 g/mol. The molecule has 0 aliphatic carbocycles. The number of para-hydroxylation sites is 2. The van der Waals surface area contributed by atoms with Gasteiger partial charge in [-0.2, -0.15) is 0 Å². The second-order valence-electron chi connectivity index (χ2n) is 5.38. The standard InChI is InChI=1S/C14H19N3O4/c1-14(2,13(18)16-9-7-15-8-10-16)21-12-6-4-3-5-11(12)17(19)20/h3-6,15H,7-10H2,1-2H3. The Morgan fingerprint density at radius 1 is 1.33 bits per heavy atom. The van der Waals surface area contributed by atoms with Crippen molar-refractivity contribution in [3.05, 3.63) is 34.4 Å². The molecular formula is C14H19N3O4. The Morgan fingerprint density at radius 3 is 2.57 bits per heavy atom. The third kappa shape index (κ3) is 3.49. The Balaban J connectivity index is 2.16. The molecule has 0 spiro atoms. The lowest BCUT2D eigenvalue weighted by atomic mass is 10.1. The smallest absolute Gasteiger partial charge is 0.310 e. The summed E-state index contributed by atoms with van der Waals surface area (Å²) in [5, 5.41) is 14.2. The van der Waals surface area contributed by atoms with E-state index < -0.39 is 10.5 Å². The molecule has 21 heavy (non-hydrogen) atoms. The molecule has 114 valence electrons. The molecule has 0 radical (unpaired) electrons. The maximum Gasteiger partial charge on any atom is 0.310 e.